The molecule has 0 aliphatic carbocycles. The fourth-order valence-corrected chi connectivity index (χ4v) is 3.27. The highest BCUT2D eigenvalue weighted by molar-refractivity contribution is 9.10. The lowest BCUT2D eigenvalue weighted by Gasteiger charge is -2.12. The second kappa shape index (κ2) is 5.58. The minimum absolute atomic E-state index is 0.212. The van der Waals surface area contributed by atoms with Gasteiger partial charge in [-0.05, 0) is 63.8 Å². The quantitative estimate of drug-likeness (QED) is 0.637. The molecule has 0 radical (unpaired) electrons. The van der Waals surface area contributed by atoms with Crippen molar-refractivity contribution in [3.8, 4) is 0 Å². The van der Waals surface area contributed by atoms with Crippen molar-refractivity contribution in [1.82, 2.24) is 24.5 Å². The summed E-state index contributed by atoms with van der Waals surface area (Å²) in [6.07, 6.45) is 1.72. The molecule has 0 atom stereocenters. The van der Waals surface area contributed by atoms with E-state index in [0.29, 0.717) is 22.3 Å². The van der Waals surface area contributed by atoms with Gasteiger partial charge in [0.15, 0.2) is 5.65 Å². The Bertz CT molecular complexity index is 887. The molecule has 0 fully saturated rings. The molecule has 114 valence electrons. The minimum atomic E-state index is 0.212. The topological polar surface area (TPSA) is 82.5 Å². The zero-order chi connectivity index (χ0) is 16.0. The van der Waals surface area contributed by atoms with Crippen molar-refractivity contribution >= 4 is 49.0 Å². The van der Waals surface area contributed by atoms with Crippen molar-refractivity contribution in [3.63, 3.8) is 0 Å². The van der Waals surface area contributed by atoms with Crippen LogP contribution in [0.3, 0.4) is 0 Å². The molecule has 8 heteroatoms. The number of rotatable bonds is 2. The lowest BCUT2D eigenvalue weighted by molar-refractivity contribution is 0.775. The third-order valence-electron chi connectivity index (χ3n) is 3.75. The van der Waals surface area contributed by atoms with Crippen molar-refractivity contribution in [2.75, 3.05) is 5.73 Å². The number of hydrogen-bond donors (Lipinski definition) is 1. The molecule has 0 saturated carbocycles. The first-order chi connectivity index (χ1) is 10.4. The molecular formula is C14H14Br2N6. The summed E-state index contributed by atoms with van der Waals surface area (Å²) in [6.45, 7) is 6.73. The van der Waals surface area contributed by atoms with Gasteiger partial charge in [-0.3, -0.25) is 4.98 Å². The number of aromatic nitrogens is 5. The van der Waals surface area contributed by atoms with Crippen LogP contribution in [0.4, 0.5) is 5.95 Å². The third-order valence-corrected chi connectivity index (χ3v) is 5.35. The molecule has 3 rings (SSSR count). The van der Waals surface area contributed by atoms with Gasteiger partial charge >= 0.3 is 0 Å². The molecule has 0 aliphatic rings. The Hall–Kier alpha value is -1.54. The third kappa shape index (κ3) is 2.50. The summed E-state index contributed by atoms with van der Waals surface area (Å²) < 4.78 is 3.52. The van der Waals surface area contributed by atoms with Gasteiger partial charge in [-0.25, -0.2) is 9.97 Å². The molecule has 0 unspecified atom stereocenters. The van der Waals surface area contributed by atoms with E-state index in [0.717, 1.165) is 15.9 Å². The molecule has 2 N–H and O–H groups in total. The lowest BCUT2D eigenvalue weighted by Crippen LogP contribution is -2.07. The number of hydrogen-bond acceptors (Lipinski definition) is 5. The Kier molecular flexibility index (Phi) is 3.90. The number of pyridine rings is 1. The van der Waals surface area contributed by atoms with E-state index in [1.807, 2.05) is 11.5 Å². The summed E-state index contributed by atoms with van der Waals surface area (Å²) in [7, 11) is 0. The van der Waals surface area contributed by atoms with Crippen LogP contribution in [0.5, 0.6) is 0 Å². The second-order valence-electron chi connectivity index (χ2n) is 5.13. The normalized spacial score (nSPS) is 11.3. The maximum atomic E-state index is 5.73. The van der Waals surface area contributed by atoms with E-state index < -0.39 is 0 Å². The number of fused-ring (bicyclic) bond motifs is 1. The van der Waals surface area contributed by atoms with E-state index in [4.69, 9.17) is 5.73 Å². The van der Waals surface area contributed by atoms with Crippen LogP contribution in [0, 0.1) is 20.8 Å². The van der Waals surface area contributed by atoms with E-state index in [-0.39, 0.29) is 5.95 Å². The molecule has 3 aromatic heterocycles. The van der Waals surface area contributed by atoms with Crippen molar-refractivity contribution in [1.29, 1.82) is 0 Å². The Labute approximate surface area is 144 Å². The average Bonchev–Trinajstić information content (AvgIpc) is 2.86. The summed E-state index contributed by atoms with van der Waals surface area (Å²) in [5.74, 6) is 0.212. The molecule has 0 aliphatic heterocycles. The summed E-state index contributed by atoms with van der Waals surface area (Å²) >= 11 is 7.00. The van der Waals surface area contributed by atoms with Gasteiger partial charge in [0.2, 0.25) is 5.95 Å². The number of halogens is 2. The first kappa shape index (κ1) is 15.4. The average molecular weight is 426 g/mol. The van der Waals surface area contributed by atoms with Crippen LogP contribution in [0.15, 0.2) is 15.4 Å². The number of imidazole rings is 1. The van der Waals surface area contributed by atoms with E-state index in [1.165, 1.54) is 11.1 Å². The number of aryl methyl sites for hydroxylation is 1. The highest BCUT2D eigenvalue weighted by atomic mass is 79.9. The Morgan fingerprint density at radius 1 is 1.09 bits per heavy atom. The number of nitrogens with zero attached hydrogens (tertiary/aromatic N) is 5. The maximum absolute atomic E-state index is 5.73. The first-order valence-corrected chi connectivity index (χ1v) is 8.23. The number of nitrogen functional groups attached to an aromatic ring is 1. The summed E-state index contributed by atoms with van der Waals surface area (Å²) in [6, 6.07) is 0. The van der Waals surface area contributed by atoms with Crippen LogP contribution in [-0.2, 0) is 6.54 Å². The molecule has 0 amide bonds. The molecule has 0 spiro atoms. The SMILES string of the molecule is Cc1nc(Cn2cnc3c(Br)nc(N)nc32)c(Br)c(C)c1C. The minimum Gasteiger partial charge on any atom is -0.368 e. The first-order valence-electron chi connectivity index (χ1n) is 6.64. The van der Waals surface area contributed by atoms with Crippen LogP contribution in [-0.4, -0.2) is 24.5 Å². The fraction of sp³-hybridized carbons (Fsp3) is 0.286. The van der Waals surface area contributed by atoms with Crippen LogP contribution in [0.25, 0.3) is 11.2 Å². The second-order valence-corrected chi connectivity index (χ2v) is 6.67. The Morgan fingerprint density at radius 3 is 2.55 bits per heavy atom. The molecule has 22 heavy (non-hydrogen) atoms. The molecule has 3 aromatic rings. The monoisotopic (exact) mass is 424 g/mol. The highest BCUT2D eigenvalue weighted by Gasteiger charge is 2.14. The summed E-state index contributed by atoms with van der Waals surface area (Å²) in [5.41, 5.74) is 11.4. The standard InChI is InChI=1S/C14H14Br2N6/c1-6-7(2)10(15)9(19-8(6)3)4-22-5-18-11-12(16)20-14(17)21-13(11)22/h5H,4H2,1-3H3,(H2,17,20,21). The molecule has 0 saturated heterocycles. The predicted octanol–water partition coefficient (Wildman–Crippen LogP) is 3.30. The van der Waals surface area contributed by atoms with Crippen molar-refractivity contribution in [2.45, 2.75) is 27.3 Å². The molecule has 6 nitrogen and oxygen atoms in total. The van der Waals surface area contributed by atoms with Crippen LogP contribution in [0.2, 0.25) is 0 Å². The van der Waals surface area contributed by atoms with Gasteiger partial charge in [-0.2, -0.15) is 4.98 Å². The summed E-state index contributed by atoms with van der Waals surface area (Å²) in [4.78, 5) is 17.4. The van der Waals surface area contributed by atoms with E-state index in [2.05, 4.69) is 65.6 Å². The van der Waals surface area contributed by atoms with Crippen LogP contribution < -0.4 is 5.73 Å². The van der Waals surface area contributed by atoms with Crippen molar-refractivity contribution in [2.24, 2.45) is 0 Å². The van der Waals surface area contributed by atoms with Crippen molar-refractivity contribution < 1.29 is 0 Å². The maximum Gasteiger partial charge on any atom is 0.223 e. The Morgan fingerprint density at radius 2 is 1.82 bits per heavy atom. The van der Waals surface area contributed by atoms with E-state index in [1.54, 1.807) is 6.33 Å². The molecular weight excluding hydrogens is 412 g/mol. The number of nitrogens with two attached hydrogens (primary N) is 1. The van der Waals surface area contributed by atoms with Crippen LogP contribution in [0.1, 0.15) is 22.5 Å². The summed E-state index contributed by atoms with van der Waals surface area (Å²) in [5, 5.41) is 0. The zero-order valence-electron chi connectivity index (χ0n) is 12.4. The largest absolute Gasteiger partial charge is 0.368 e. The highest BCUT2D eigenvalue weighted by Crippen LogP contribution is 2.26. The van der Waals surface area contributed by atoms with Gasteiger partial charge in [0.1, 0.15) is 10.1 Å². The van der Waals surface area contributed by atoms with Gasteiger partial charge in [-0.1, -0.05) is 0 Å². The number of anilines is 1. The van der Waals surface area contributed by atoms with Gasteiger partial charge in [-0.15, -0.1) is 0 Å². The predicted molar refractivity (Wildman–Crippen MR) is 92.7 cm³/mol. The molecule has 0 bridgehead atoms. The molecule has 3 heterocycles. The van der Waals surface area contributed by atoms with Gasteiger partial charge in [0, 0.05) is 10.2 Å². The molecule has 0 aromatic carbocycles. The van der Waals surface area contributed by atoms with Gasteiger partial charge in [0.25, 0.3) is 0 Å². The fourth-order valence-electron chi connectivity index (χ4n) is 2.30. The Balaban J connectivity index is 2.12. The zero-order valence-corrected chi connectivity index (χ0v) is 15.5. The van der Waals surface area contributed by atoms with E-state index >= 15 is 0 Å². The van der Waals surface area contributed by atoms with Crippen molar-refractivity contribution in [3.05, 3.63) is 37.9 Å². The smallest absolute Gasteiger partial charge is 0.223 e. The van der Waals surface area contributed by atoms with Gasteiger partial charge < -0.3 is 10.3 Å². The van der Waals surface area contributed by atoms with Gasteiger partial charge in [0.05, 0.1) is 18.6 Å². The van der Waals surface area contributed by atoms with E-state index in [9.17, 15) is 0 Å². The van der Waals surface area contributed by atoms with Crippen LogP contribution >= 0.6 is 31.9 Å². The lowest BCUT2D eigenvalue weighted by atomic mass is 10.1.